The first-order valence-corrected chi connectivity index (χ1v) is 13.9. The minimum absolute atomic E-state index is 0.0187. The average molecular weight is 597 g/mol. The van der Waals surface area contributed by atoms with Gasteiger partial charge in [-0.05, 0) is 42.2 Å². The van der Waals surface area contributed by atoms with E-state index in [1.807, 2.05) is 0 Å². The molecule has 2 atom stereocenters. The Morgan fingerprint density at radius 1 is 1.14 bits per heavy atom. The monoisotopic (exact) mass is 596 g/mol. The van der Waals surface area contributed by atoms with E-state index in [2.05, 4.69) is 46.2 Å². The Hall–Kier alpha value is -4.17. The molecule has 4 aromatic rings. The highest BCUT2D eigenvalue weighted by Crippen LogP contribution is 2.54. The maximum Gasteiger partial charge on any atom is 0.422 e. The minimum atomic E-state index is -4.63. The summed E-state index contributed by atoms with van der Waals surface area (Å²) in [6, 6.07) is 7.32. The van der Waals surface area contributed by atoms with Crippen LogP contribution in [0.3, 0.4) is 0 Å². The van der Waals surface area contributed by atoms with Crippen LogP contribution in [0, 0.1) is 5.41 Å². The highest BCUT2D eigenvalue weighted by Gasteiger charge is 2.64. The Bertz CT molecular complexity index is 1730. The van der Waals surface area contributed by atoms with Crippen LogP contribution in [0.4, 0.5) is 13.2 Å². The molecule has 2 unspecified atom stereocenters. The summed E-state index contributed by atoms with van der Waals surface area (Å²) < 4.78 is 46.2. The second kappa shape index (κ2) is 10.5. The normalized spacial score (nSPS) is 20.7. The van der Waals surface area contributed by atoms with Gasteiger partial charge in [0.05, 0.1) is 30.0 Å². The second-order valence-corrected chi connectivity index (χ2v) is 12.0. The lowest BCUT2D eigenvalue weighted by Crippen LogP contribution is -2.56. The molecule has 1 aliphatic heterocycles. The van der Waals surface area contributed by atoms with E-state index in [0.29, 0.717) is 6.54 Å². The fourth-order valence-corrected chi connectivity index (χ4v) is 6.01. The first-order chi connectivity index (χ1) is 20.4. The van der Waals surface area contributed by atoms with Crippen molar-refractivity contribution < 1.29 is 22.7 Å². The first-order valence-electron chi connectivity index (χ1n) is 13.9. The van der Waals surface area contributed by atoms with Crippen molar-refractivity contribution in [2.75, 3.05) is 19.7 Å². The third kappa shape index (κ3) is 5.52. The maximum absolute atomic E-state index is 14.1. The van der Waals surface area contributed by atoms with Gasteiger partial charge in [-0.2, -0.15) is 28.2 Å². The molecule has 14 heteroatoms. The Labute approximate surface area is 244 Å². The van der Waals surface area contributed by atoms with Crippen molar-refractivity contribution in [3.8, 4) is 11.4 Å². The largest absolute Gasteiger partial charge is 0.482 e. The van der Waals surface area contributed by atoms with Gasteiger partial charge < -0.3 is 10.1 Å². The summed E-state index contributed by atoms with van der Waals surface area (Å²) in [5.74, 6) is -0.335. The molecule has 1 saturated carbocycles. The molecule has 6 rings (SSSR count). The molecule has 4 heterocycles. The van der Waals surface area contributed by atoms with Crippen LogP contribution in [0.5, 0.6) is 5.75 Å². The van der Waals surface area contributed by atoms with Gasteiger partial charge in [0.15, 0.2) is 18.0 Å². The minimum Gasteiger partial charge on any atom is -0.482 e. The van der Waals surface area contributed by atoms with Gasteiger partial charge in [-0.1, -0.05) is 20.8 Å². The van der Waals surface area contributed by atoms with Crippen LogP contribution in [0.2, 0.25) is 0 Å². The molecule has 0 radical (unpaired) electrons. The third-order valence-corrected chi connectivity index (χ3v) is 8.27. The number of benzene rings is 1. The van der Waals surface area contributed by atoms with E-state index in [0.717, 1.165) is 13.0 Å². The van der Waals surface area contributed by atoms with Crippen LogP contribution in [0.1, 0.15) is 43.4 Å². The van der Waals surface area contributed by atoms with Crippen molar-refractivity contribution in [2.45, 2.75) is 58.0 Å². The predicted octanol–water partition coefficient (Wildman–Crippen LogP) is 3.16. The van der Waals surface area contributed by atoms with Gasteiger partial charge in [0.1, 0.15) is 18.1 Å². The smallest absolute Gasteiger partial charge is 0.422 e. The summed E-state index contributed by atoms with van der Waals surface area (Å²) in [4.78, 5) is 39.7. The number of hydrogen-bond donors (Lipinski definition) is 1. The number of piperazine rings is 1. The number of nitrogens with one attached hydrogen (secondary N) is 1. The predicted molar refractivity (Wildman–Crippen MR) is 150 cm³/mol. The zero-order valence-electron chi connectivity index (χ0n) is 23.9. The topological polar surface area (TPSA) is 120 Å². The lowest BCUT2D eigenvalue weighted by Gasteiger charge is -2.40. The van der Waals surface area contributed by atoms with Crippen LogP contribution in [-0.2, 0) is 13.1 Å². The van der Waals surface area contributed by atoms with Crippen molar-refractivity contribution in [2.24, 2.45) is 5.41 Å². The Morgan fingerprint density at radius 2 is 1.91 bits per heavy atom. The molecule has 0 bridgehead atoms. The molecule has 1 aliphatic carbocycles. The molecule has 0 amide bonds. The highest BCUT2D eigenvalue weighted by atomic mass is 19.4. The van der Waals surface area contributed by atoms with Crippen LogP contribution in [0.25, 0.3) is 16.7 Å². The number of ether oxygens (including phenoxy) is 1. The lowest BCUT2D eigenvalue weighted by atomic mass is 9.82. The summed E-state index contributed by atoms with van der Waals surface area (Å²) in [6.07, 6.45) is 0.674. The molecular weight excluding hydrogens is 565 g/mol. The molecule has 3 aromatic heterocycles. The number of nitrogens with zero attached hydrogens (tertiary/aromatic N) is 7. The molecule has 43 heavy (non-hydrogen) atoms. The summed E-state index contributed by atoms with van der Waals surface area (Å²) >= 11 is 0. The van der Waals surface area contributed by atoms with Gasteiger partial charge in [-0.15, -0.1) is 0 Å². The van der Waals surface area contributed by atoms with E-state index < -0.39 is 24.1 Å². The SMILES string of the molecule is CC(C)(C)C12CC1N(Cc1nc3ncccc3c(=O)n1-c1cc(C(=O)Cn3nccn3)ccc1OCC(F)(F)F)CCN2. The molecule has 2 aliphatic rings. The number of hydrogen-bond acceptors (Lipinski definition) is 9. The molecule has 1 aromatic carbocycles. The fourth-order valence-electron chi connectivity index (χ4n) is 6.01. The van der Waals surface area contributed by atoms with Gasteiger partial charge in [0.25, 0.3) is 5.56 Å². The number of ketones is 1. The van der Waals surface area contributed by atoms with Crippen molar-refractivity contribution in [3.05, 3.63) is 70.7 Å². The number of Topliss-reactive ketones (excluding diaryl/α,β-unsaturated/α-hetero) is 1. The Kier molecular flexibility index (Phi) is 7.08. The van der Waals surface area contributed by atoms with Gasteiger partial charge in [0.2, 0.25) is 0 Å². The first kappa shape index (κ1) is 28.9. The molecular formula is C29H31F3N8O3. The summed E-state index contributed by atoms with van der Waals surface area (Å²) in [5, 5.41) is 11.8. The van der Waals surface area contributed by atoms with E-state index in [4.69, 9.17) is 9.72 Å². The van der Waals surface area contributed by atoms with Crippen LogP contribution < -0.4 is 15.6 Å². The van der Waals surface area contributed by atoms with Crippen LogP contribution >= 0.6 is 0 Å². The number of halogens is 3. The quantitative estimate of drug-likeness (QED) is 0.306. The molecule has 226 valence electrons. The number of alkyl halides is 3. The van der Waals surface area contributed by atoms with Crippen molar-refractivity contribution >= 4 is 16.8 Å². The van der Waals surface area contributed by atoms with E-state index in [1.165, 1.54) is 46.2 Å². The number of carbonyl (C=O) groups is 1. The average Bonchev–Trinajstić information content (AvgIpc) is 3.53. The molecule has 1 N–H and O–H groups in total. The maximum atomic E-state index is 14.1. The van der Waals surface area contributed by atoms with Gasteiger partial charge in [-0.25, -0.2) is 9.97 Å². The number of carbonyl (C=O) groups excluding carboxylic acids is 1. The highest BCUT2D eigenvalue weighted by molar-refractivity contribution is 5.96. The van der Waals surface area contributed by atoms with E-state index in [1.54, 1.807) is 12.1 Å². The Morgan fingerprint density at radius 3 is 2.63 bits per heavy atom. The van der Waals surface area contributed by atoms with Gasteiger partial charge in [0, 0.05) is 36.4 Å². The van der Waals surface area contributed by atoms with Gasteiger partial charge >= 0.3 is 6.18 Å². The zero-order chi connectivity index (χ0) is 30.6. The van der Waals surface area contributed by atoms with Gasteiger partial charge in [-0.3, -0.25) is 19.1 Å². The van der Waals surface area contributed by atoms with E-state index >= 15 is 0 Å². The summed E-state index contributed by atoms with van der Waals surface area (Å²) in [7, 11) is 0. The summed E-state index contributed by atoms with van der Waals surface area (Å²) in [5.41, 5.74) is -0.302. The zero-order valence-corrected chi connectivity index (χ0v) is 23.9. The second-order valence-electron chi connectivity index (χ2n) is 12.0. The van der Waals surface area contributed by atoms with Crippen molar-refractivity contribution in [1.82, 2.24) is 39.7 Å². The fraction of sp³-hybridized carbons (Fsp3) is 0.448. The Balaban J connectivity index is 1.47. The van der Waals surface area contributed by atoms with Crippen molar-refractivity contribution in [3.63, 3.8) is 0 Å². The van der Waals surface area contributed by atoms with Crippen LogP contribution in [-0.4, -0.2) is 77.7 Å². The number of pyridine rings is 1. The van der Waals surface area contributed by atoms with E-state index in [9.17, 15) is 22.8 Å². The van der Waals surface area contributed by atoms with Crippen LogP contribution in [0.15, 0.2) is 53.7 Å². The molecule has 2 fully saturated rings. The van der Waals surface area contributed by atoms with Crippen molar-refractivity contribution in [1.29, 1.82) is 0 Å². The standard InChI is InChI=1S/C29H31F3N8O3/c1-27(2,3)28-14-23(28)38(12-11-34-28)16-24-37-25-19(5-4-8-33-25)26(42)40(24)20-13-18(21(41)15-39-35-9-10-36-39)6-7-22(20)43-17-29(30,31)32/h4-10,13,23,34H,11-12,14-17H2,1-3H3. The molecule has 1 saturated heterocycles. The number of rotatable bonds is 8. The number of fused-ring (bicyclic) bond motifs is 2. The molecule has 0 spiro atoms. The number of aromatic nitrogens is 6. The third-order valence-electron chi connectivity index (χ3n) is 8.27. The van der Waals surface area contributed by atoms with E-state index in [-0.39, 0.29) is 63.9 Å². The molecule has 11 nitrogen and oxygen atoms in total. The lowest BCUT2D eigenvalue weighted by molar-refractivity contribution is -0.153. The summed E-state index contributed by atoms with van der Waals surface area (Å²) in [6.45, 7) is 6.43.